The quantitative estimate of drug-likeness (QED) is 0.615. The average Bonchev–Trinajstić information content (AvgIpc) is 2.18. The van der Waals surface area contributed by atoms with Crippen molar-refractivity contribution in [2.75, 3.05) is 0 Å². The van der Waals surface area contributed by atoms with Gasteiger partial charge in [0.2, 0.25) is 0 Å². The molecule has 0 aliphatic heterocycles. The van der Waals surface area contributed by atoms with Crippen LogP contribution < -0.4 is 5.46 Å². The Morgan fingerprint density at radius 1 is 0.950 bits per heavy atom. The summed E-state index contributed by atoms with van der Waals surface area (Å²) in [6.07, 6.45) is -4.68. The first kappa shape index (κ1) is 18.9. The molecule has 0 atom stereocenters. The molecule has 0 saturated carbocycles. The number of halogens is 4. The predicted molar refractivity (Wildman–Crippen MR) is 69.4 cm³/mol. The van der Waals surface area contributed by atoms with E-state index in [-0.39, 0.29) is 0 Å². The van der Waals surface area contributed by atoms with E-state index in [9.17, 15) is 17.6 Å². The van der Waals surface area contributed by atoms with E-state index < -0.39 is 34.2 Å². The van der Waals surface area contributed by atoms with Gasteiger partial charge in [0.05, 0.1) is 16.8 Å². The molecule has 2 nitrogen and oxygen atoms in total. The maximum Gasteiger partial charge on any atom is 0.419 e. The summed E-state index contributed by atoms with van der Waals surface area (Å²) in [6, 6.07) is 2.78. The lowest BCUT2D eigenvalue weighted by Gasteiger charge is -2.31. The van der Waals surface area contributed by atoms with Gasteiger partial charge >= 0.3 is 6.18 Å². The van der Waals surface area contributed by atoms with Crippen molar-refractivity contribution >= 4 is 13.3 Å². The van der Waals surface area contributed by atoms with Crippen molar-refractivity contribution in [3.63, 3.8) is 0 Å². The van der Waals surface area contributed by atoms with Crippen LogP contribution in [0.4, 0.5) is 17.6 Å². The molecule has 1 aromatic carbocycles. The molecule has 0 bridgehead atoms. The molecular weight excluding hydrogens is 275 g/mol. The lowest BCUT2D eigenvalue weighted by molar-refractivity contribution is -0.139. The molecule has 0 heterocycles. The molecular formula is C13H17BF4O2. The van der Waals surface area contributed by atoms with Gasteiger partial charge < -0.3 is 10.2 Å². The molecule has 1 rings (SSSR count). The van der Waals surface area contributed by atoms with Crippen molar-refractivity contribution in [2.24, 2.45) is 0 Å². The van der Waals surface area contributed by atoms with E-state index in [4.69, 9.17) is 18.1 Å². The monoisotopic (exact) mass is 292 g/mol. The minimum atomic E-state index is -4.68. The molecule has 7 heteroatoms. The number of benzene rings is 1. The smallest absolute Gasteiger partial charge is 0.387 e. The fraction of sp³-hybridized carbons (Fsp3) is 0.538. The molecule has 0 unspecified atom stereocenters. The molecule has 112 valence electrons. The molecule has 20 heavy (non-hydrogen) atoms. The third kappa shape index (κ3) is 5.50. The van der Waals surface area contributed by atoms with Gasteiger partial charge in [-0.3, -0.25) is 0 Å². The van der Waals surface area contributed by atoms with Crippen molar-refractivity contribution in [3.05, 3.63) is 29.6 Å². The Hall–Kier alpha value is -1.08. The largest absolute Gasteiger partial charge is 0.419 e. The fourth-order valence-corrected chi connectivity index (χ4v) is 0.769. The maximum atomic E-state index is 12.7. The number of rotatable bonds is 1. The van der Waals surface area contributed by atoms with Crippen LogP contribution in [0.25, 0.3) is 0 Å². The summed E-state index contributed by atoms with van der Waals surface area (Å²) in [7, 11) is 4.94. The lowest BCUT2D eigenvalue weighted by Crippen LogP contribution is -2.44. The van der Waals surface area contributed by atoms with E-state index in [2.05, 4.69) is 0 Å². The molecule has 0 amide bonds. The van der Waals surface area contributed by atoms with Gasteiger partial charge in [-0.25, -0.2) is 4.39 Å². The van der Waals surface area contributed by atoms with E-state index in [1.165, 1.54) is 0 Å². The molecule has 2 radical (unpaired) electrons. The normalized spacial score (nSPS) is 12.7. The predicted octanol–water partition coefficient (Wildman–Crippen LogP) is 2.17. The van der Waals surface area contributed by atoms with E-state index in [1.54, 1.807) is 27.7 Å². The highest BCUT2D eigenvalue weighted by molar-refractivity contribution is 6.32. The van der Waals surface area contributed by atoms with Crippen LogP contribution in [0.1, 0.15) is 33.3 Å². The first-order chi connectivity index (χ1) is 8.68. The molecule has 1 aromatic rings. The molecule has 2 N–H and O–H groups in total. The first-order valence-corrected chi connectivity index (χ1v) is 5.74. The van der Waals surface area contributed by atoms with Crippen molar-refractivity contribution < 1.29 is 27.8 Å². The summed E-state index contributed by atoms with van der Waals surface area (Å²) in [5, 5.41) is 18.2. The summed E-state index contributed by atoms with van der Waals surface area (Å²) in [5.74, 6) is -1.41. The van der Waals surface area contributed by atoms with E-state index in [1.807, 2.05) is 0 Å². The second-order valence-electron chi connectivity index (χ2n) is 5.32. The molecule has 0 fully saturated rings. The maximum absolute atomic E-state index is 12.7. The third-order valence-corrected chi connectivity index (χ3v) is 2.83. The summed E-state index contributed by atoms with van der Waals surface area (Å²) in [5.41, 5.74) is -3.84. The number of aliphatic hydroxyl groups is 2. The van der Waals surface area contributed by atoms with Crippen LogP contribution in [0, 0.1) is 5.82 Å². The summed E-state index contributed by atoms with van der Waals surface area (Å²) in [6.45, 7) is 6.31. The first-order valence-electron chi connectivity index (χ1n) is 5.74. The van der Waals surface area contributed by atoms with Crippen LogP contribution in [0.15, 0.2) is 18.2 Å². The molecule has 0 spiro atoms. The number of hydrogen-bond acceptors (Lipinski definition) is 2. The average molecular weight is 292 g/mol. The van der Waals surface area contributed by atoms with Crippen LogP contribution in [0.2, 0.25) is 0 Å². The molecule has 0 aromatic heterocycles. The molecule has 0 saturated heterocycles. The molecule has 0 aliphatic rings. The van der Waals surface area contributed by atoms with Crippen LogP contribution in [0.5, 0.6) is 0 Å². The Morgan fingerprint density at radius 2 is 1.35 bits per heavy atom. The van der Waals surface area contributed by atoms with Gasteiger partial charge in [0, 0.05) is 0 Å². The Bertz CT molecular complexity index is 433. The van der Waals surface area contributed by atoms with E-state index >= 15 is 0 Å². The number of alkyl halides is 3. The zero-order valence-corrected chi connectivity index (χ0v) is 11.7. The lowest BCUT2D eigenvalue weighted by atomic mass is 9.90. The second kappa shape index (κ2) is 6.14. The zero-order chi connectivity index (χ0) is 16.4. The Balaban J connectivity index is 0.000000396. The second-order valence-corrected chi connectivity index (χ2v) is 5.32. The van der Waals surface area contributed by atoms with Crippen LogP contribution >= 0.6 is 0 Å². The van der Waals surface area contributed by atoms with Gasteiger partial charge in [0.15, 0.2) is 0 Å². The van der Waals surface area contributed by atoms with Crippen molar-refractivity contribution in [3.8, 4) is 0 Å². The van der Waals surface area contributed by atoms with Gasteiger partial charge in [0.25, 0.3) is 0 Å². The van der Waals surface area contributed by atoms with Crippen molar-refractivity contribution in [1.29, 1.82) is 0 Å². The van der Waals surface area contributed by atoms with Gasteiger partial charge in [0.1, 0.15) is 13.7 Å². The topological polar surface area (TPSA) is 40.5 Å². The fourth-order valence-electron chi connectivity index (χ4n) is 0.769. The Labute approximate surface area is 116 Å². The summed E-state index contributed by atoms with van der Waals surface area (Å²) >= 11 is 0. The van der Waals surface area contributed by atoms with E-state index in [0.717, 1.165) is 12.1 Å². The minimum Gasteiger partial charge on any atom is -0.387 e. The highest BCUT2D eigenvalue weighted by atomic mass is 19.4. The van der Waals surface area contributed by atoms with Gasteiger partial charge in [-0.2, -0.15) is 13.2 Å². The van der Waals surface area contributed by atoms with Crippen molar-refractivity contribution in [1.82, 2.24) is 0 Å². The van der Waals surface area contributed by atoms with Gasteiger partial charge in [-0.05, 0) is 33.8 Å². The summed E-state index contributed by atoms with van der Waals surface area (Å²) < 4.78 is 48.5. The van der Waals surface area contributed by atoms with Crippen LogP contribution in [0.3, 0.4) is 0 Å². The van der Waals surface area contributed by atoms with Crippen LogP contribution in [-0.2, 0) is 6.18 Å². The summed E-state index contributed by atoms with van der Waals surface area (Å²) in [4.78, 5) is 0. The minimum absolute atomic E-state index is 0.496. The highest BCUT2D eigenvalue weighted by Gasteiger charge is 2.34. The number of hydrogen-bond donors (Lipinski definition) is 2. The zero-order valence-electron chi connectivity index (χ0n) is 11.7. The van der Waals surface area contributed by atoms with Crippen LogP contribution in [-0.4, -0.2) is 29.3 Å². The van der Waals surface area contributed by atoms with E-state index in [0.29, 0.717) is 6.07 Å². The Kier molecular flexibility index (Phi) is 5.81. The van der Waals surface area contributed by atoms with Gasteiger partial charge in [-0.1, -0.05) is 17.6 Å². The van der Waals surface area contributed by atoms with Gasteiger partial charge in [-0.15, -0.1) is 0 Å². The third-order valence-electron chi connectivity index (χ3n) is 2.83. The highest BCUT2D eigenvalue weighted by Crippen LogP contribution is 2.30. The SMILES string of the molecule is CC(C)(O)C(C)(C)O.[B]c1cccc(C(F)(F)F)c1F. The Morgan fingerprint density at radius 3 is 1.60 bits per heavy atom. The molecule has 0 aliphatic carbocycles. The van der Waals surface area contributed by atoms with Crippen molar-refractivity contribution in [2.45, 2.75) is 45.1 Å². The standard InChI is InChI=1S/C7H3BF4.C6H14O2/c8-5-3-1-2-4(6(5)9)7(10,11)12;1-5(2,7)6(3,4)8/h1-3H;7-8H,1-4H3.